The number of Topliss-reactive ketones (excluding diaryl/α,β-unsaturated/α-hetero) is 1. The molecule has 1 saturated carbocycles. The van der Waals surface area contributed by atoms with Crippen molar-refractivity contribution in [2.75, 3.05) is 7.11 Å². The minimum Gasteiger partial charge on any atom is -0.466 e. The highest BCUT2D eigenvalue weighted by molar-refractivity contribution is 5.99. The third-order valence-corrected chi connectivity index (χ3v) is 4.10. The molecule has 0 aromatic rings. The summed E-state index contributed by atoms with van der Waals surface area (Å²) >= 11 is 0. The quantitative estimate of drug-likeness (QED) is 0.673. The Morgan fingerprint density at radius 1 is 1.32 bits per heavy atom. The third-order valence-electron chi connectivity index (χ3n) is 4.10. The summed E-state index contributed by atoms with van der Waals surface area (Å²) in [6, 6.07) is 0. The van der Waals surface area contributed by atoms with E-state index in [1.54, 1.807) is 6.08 Å². The van der Waals surface area contributed by atoms with Gasteiger partial charge in [-0.15, -0.1) is 0 Å². The maximum absolute atomic E-state index is 12.1. The molecule has 0 radical (unpaired) electrons. The van der Waals surface area contributed by atoms with Crippen molar-refractivity contribution in [2.45, 2.75) is 56.5 Å². The molecule has 1 saturated heterocycles. The van der Waals surface area contributed by atoms with E-state index in [4.69, 9.17) is 9.47 Å². The molecule has 5 nitrogen and oxygen atoms in total. The van der Waals surface area contributed by atoms with Gasteiger partial charge in [-0.05, 0) is 18.9 Å². The van der Waals surface area contributed by atoms with E-state index in [1.807, 2.05) is 0 Å². The smallest absolute Gasteiger partial charge is 0.333 e. The van der Waals surface area contributed by atoms with Crippen LogP contribution < -0.4 is 0 Å². The van der Waals surface area contributed by atoms with Gasteiger partial charge in [0.1, 0.15) is 12.2 Å². The standard InChI is InChI=1S/C14H18O5/c1-17-13(16)9-7-10(15)12-11(8-9)18-14(19-12)5-3-2-4-6-14/h8,11-12H,2-7H2,1H3/t11-,12+/m0/s1. The van der Waals surface area contributed by atoms with E-state index in [2.05, 4.69) is 4.74 Å². The summed E-state index contributed by atoms with van der Waals surface area (Å²) < 4.78 is 16.5. The number of fused-ring (bicyclic) bond motifs is 1. The van der Waals surface area contributed by atoms with Crippen molar-refractivity contribution in [1.29, 1.82) is 0 Å². The van der Waals surface area contributed by atoms with Crippen LogP contribution in [0.15, 0.2) is 11.6 Å². The molecule has 0 amide bonds. The molecule has 0 unspecified atom stereocenters. The van der Waals surface area contributed by atoms with Gasteiger partial charge in [-0.1, -0.05) is 6.42 Å². The summed E-state index contributed by atoms with van der Waals surface area (Å²) in [5.74, 6) is -1.15. The van der Waals surface area contributed by atoms with Crippen LogP contribution in [0, 0.1) is 0 Å². The fraction of sp³-hybridized carbons (Fsp3) is 0.714. The minimum atomic E-state index is -0.606. The highest BCUT2D eigenvalue weighted by Gasteiger charge is 2.51. The van der Waals surface area contributed by atoms with Gasteiger partial charge in [-0.3, -0.25) is 4.79 Å². The Morgan fingerprint density at radius 3 is 2.74 bits per heavy atom. The number of hydrogen-bond donors (Lipinski definition) is 0. The Labute approximate surface area is 111 Å². The molecule has 2 fully saturated rings. The Morgan fingerprint density at radius 2 is 2.05 bits per heavy atom. The van der Waals surface area contributed by atoms with E-state index < -0.39 is 24.0 Å². The van der Waals surface area contributed by atoms with Crippen LogP contribution in [0.5, 0.6) is 0 Å². The van der Waals surface area contributed by atoms with E-state index in [-0.39, 0.29) is 12.2 Å². The average Bonchev–Trinajstić information content (AvgIpc) is 2.77. The molecule has 1 spiro atoms. The van der Waals surface area contributed by atoms with Crippen LogP contribution in [0.25, 0.3) is 0 Å². The second-order valence-corrected chi connectivity index (χ2v) is 5.42. The van der Waals surface area contributed by atoms with Crippen molar-refractivity contribution in [3.8, 4) is 0 Å². The normalized spacial score (nSPS) is 32.9. The fourth-order valence-corrected chi connectivity index (χ4v) is 3.15. The van der Waals surface area contributed by atoms with Crippen molar-refractivity contribution in [2.24, 2.45) is 0 Å². The molecule has 0 N–H and O–H groups in total. The number of ether oxygens (including phenoxy) is 3. The second kappa shape index (κ2) is 4.72. The molecule has 104 valence electrons. The van der Waals surface area contributed by atoms with E-state index in [0.29, 0.717) is 5.57 Å². The fourth-order valence-electron chi connectivity index (χ4n) is 3.15. The van der Waals surface area contributed by atoms with Crippen LogP contribution in [0.1, 0.15) is 38.5 Å². The first-order valence-electron chi connectivity index (χ1n) is 6.81. The topological polar surface area (TPSA) is 61.8 Å². The lowest BCUT2D eigenvalue weighted by atomic mass is 9.94. The molecule has 0 aromatic carbocycles. The highest BCUT2D eigenvalue weighted by Crippen LogP contribution is 2.43. The number of carbonyl (C=O) groups is 2. The number of carbonyl (C=O) groups excluding carboxylic acids is 2. The molecule has 5 heteroatoms. The first-order chi connectivity index (χ1) is 9.13. The summed E-state index contributed by atoms with van der Waals surface area (Å²) in [6.07, 6.45) is 5.74. The molecule has 2 aliphatic carbocycles. The molecule has 1 heterocycles. The van der Waals surface area contributed by atoms with Gasteiger partial charge in [-0.25, -0.2) is 4.79 Å². The monoisotopic (exact) mass is 266 g/mol. The van der Waals surface area contributed by atoms with E-state index in [1.165, 1.54) is 13.5 Å². The summed E-state index contributed by atoms with van der Waals surface area (Å²) in [5, 5.41) is 0. The lowest BCUT2D eigenvalue weighted by Crippen LogP contribution is -2.36. The highest BCUT2D eigenvalue weighted by atomic mass is 16.8. The van der Waals surface area contributed by atoms with E-state index in [0.717, 1.165) is 25.7 Å². The van der Waals surface area contributed by atoms with Crippen molar-refractivity contribution in [3.05, 3.63) is 11.6 Å². The zero-order valence-electron chi connectivity index (χ0n) is 11.0. The zero-order chi connectivity index (χ0) is 13.5. The maximum Gasteiger partial charge on any atom is 0.333 e. The Bertz CT molecular complexity index is 433. The van der Waals surface area contributed by atoms with E-state index >= 15 is 0 Å². The van der Waals surface area contributed by atoms with Crippen molar-refractivity contribution >= 4 is 11.8 Å². The van der Waals surface area contributed by atoms with E-state index in [9.17, 15) is 9.59 Å². The molecule has 19 heavy (non-hydrogen) atoms. The van der Waals surface area contributed by atoms with Crippen molar-refractivity contribution < 1.29 is 23.8 Å². The van der Waals surface area contributed by atoms with Crippen molar-refractivity contribution in [3.63, 3.8) is 0 Å². The lowest BCUT2D eigenvalue weighted by molar-refractivity contribution is -0.192. The Hall–Kier alpha value is -1.20. The maximum atomic E-state index is 12.1. The molecular formula is C14H18O5. The van der Waals surface area contributed by atoms with Crippen LogP contribution >= 0.6 is 0 Å². The van der Waals surface area contributed by atoms with Gasteiger partial charge in [-0.2, -0.15) is 0 Å². The van der Waals surface area contributed by atoms with Crippen LogP contribution in [0.2, 0.25) is 0 Å². The number of esters is 1. The molecule has 0 bridgehead atoms. The summed E-state index contributed by atoms with van der Waals surface area (Å²) in [6.45, 7) is 0. The SMILES string of the molecule is COC(=O)C1=C[C@@H]2OC3(CCCCC3)O[C@@H]2C(=O)C1. The predicted octanol–water partition coefficient (Wildman–Crippen LogP) is 1.50. The van der Waals surface area contributed by atoms with Crippen LogP contribution in [-0.4, -0.2) is 36.9 Å². The van der Waals surface area contributed by atoms with Crippen LogP contribution in [-0.2, 0) is 23.8 Å². The van der Waals surface area contributed by atoms with Crippen molar-refractivity contribution in [1.82, 2.24) is 0 Å². The van der Waals surface area contributed by atoms with Gasteiger partial charge in [0.2, 0.25) is 0 Å². The number of methoxy groups -OCH3 is 1. The average molecular weight is 266 g/mol. The lowest BCUT2D eigenvalue weighted by Gasteiger charge is -2.31. The number of hydrogen-bond acceptors (Lipinski definition) is 5. The van der Waals surface area contributed by atoms with Gasteiger partial charge < -0.3 is 14.2 Å². The molecule has 1 aliphatic heterocycles. The molecule has 0 aromatic heterocycles. The minimum absolute atomic E-state index is 0.0767. The molecular weight excluding hydrogens is 248 g/mol. The van der Waals surface area contributed by atoms with Gasteiger partial charge >= 0.3 is 5.97 Å². The van der Waals surface area contributed by atoms with Crippen LogP contribution in [0.4, 0.5) is 0 Å². The van der Waals surface area contributed by atoms with Gasteiger partial charge in [0.05, 0.1) is 7.11 Å². The Balaban J connectivity index is 1.82. The van der Waals surface area contributed by atoms with Crippen LogP contribution in [0.3, 0.4) is 0 Å². The Kier molecular flexibility index (Phi) is 3.19. The second-order valence-electron chi connectivity index (χ2n) is 5.42. The number of rotatable bonds is 1. The van der Waals surface area contributed by atoms with Gasteiger partial charge in [0.25, 0.3) is 0 Å². The predicted molar refractivity (Wildman–Crippen MR) is 65.3 cm³/mol. The zero-order valence-corrected chi connectivity index (χ0v) is 11.0. The number of ketones is 1. The molecule has 3 aliphatic rings. The first-order valence-corrected chi connectivity index (χ1v) is 6.81. The molecule has 3 rings (SSSR count). The van der Waals surface area contributed by atoms with Gasteiger partial charge in [0.15, 0.2) is 11.6 Å². The largest absolute Gasteiger partial charge is 0.466 e. The first kappa shape index (κ1) is 12.8. The summed E-state index contributed by atoms with van der Waals surface area (Å²) in [5.41, 5.74) is 0.380. The third kappa shape index (κ3) is 2.21. The van der Waals surface area contributed by atoms with Gasteiger partial charge in [0, 0.05) is 24.8 Å². The summed E-state index contributed by atoms with van der Waals surface area (Å²) in [4.78, 5) is 23.6. The molecule has 2 atom stereocenters. The summed E-state index contributed by atoms with van der Waals surface area (Å²) in [7, 11) is 1.31.